The SMILES string of the molecule is COc1c2c(c(O)c3c(O[C@]4(O)C5COC(C(OC)OC)(O5)[C@]45CO5)c(C)c(C)cc13)C(=O)CCC2. The first kappa shape index (κ1) is 23.9. The first-order valence-corrected chi connectivity index (χ1v) is 12.0. The van der Waals surface area contributed by atoms with Gasteiger partial charge in [-0.05, 0) is 43.9 Å². The minimum absolute atomic E-state index is 0.0107. The maximum absolute atomic E-state index is 12.9. The zero-order valence-corrected chi connectivity index (χ0v) is 20.9. The molecule has 0 saturated carbocycles. The molecule has 6 rings (SSSR count). The fourth-order valence-corrected chi connectivity index (χ4v) is 6.19. The van der Waals surface area contributed by atoms with Gasteiger partial charge in [-0.3, -0.25) is 4.79 Å². The van der Waals surface area contributed by atoms with Gasteiger partial charge in [0.15, 0.2) is 11.9 Å². The summed E-state index contributed by atoms with van der Waals surface area (Å²) in [7, 11) is 4.43. The molecule has 3 fully saturated rings. The number of phenols is 1. The highest BCUT2D eigenvalue weighted by Crippen LogP contribution is 2.63. The van der Waals surface area contributed by atoms with Crippen molar-refractivity contribution in [3.63, 3.8) is 0 Å². The summed E-state index contributed by atoms with van der Waals surface area (Å²) in [5.41, 5.74) is 1.04. The summed E-state index contributed by atoms with van der Waals surface area (Å²) in [5, 5.41) is 24.4. The van der Waals surface area contributed by atoms with Gasteiger partial charge in [0.25, 0.3) is 11.6 Å². The van der Waals surface area contributed by atoms with E-state index in [1.54, 1.807) is 7.11 Å². The number of hydrogen-bond donors (Lipinski definition) is 2. The number of hydrogen-bond acceptors (Lipinski definition) is 10. The van der Waals surface area contributed by atoms with Crippen molar-refractivity contribution in [2.45, 2.75) is 62.7 Å². The Morgan fingerprint density at radius 2 is 1.83 bits per heavy atom. The number of epoxide rings is 1. The van der Waals surface area contributed by atoms with E-state index in [9.17, 15) is 15.0 Å². The average Bonchev–Trinajstić information content (AvgIpc) is 3.51. The van der Waals surface area contributed by atoms with E-state index >= 15 is 0 Å². The van der Waals surface area contributed by atoms with E-state index in [1.807, 2.05) is 19.9 Å². The van der Waals surface area contributed by atoms with E-state index in [1.165, 1.54) is 14.2 Å². The molecule has 4 aliphatic rings. The van der Waals surface area contributed by atoms with E-state index in [-0.39, 0.29) is 36.1 Å². The molecule has 0 aromatic heterocycles. The van der Waals surface area contributed by atoms with Gasteiger partial charge in [-0.15, -0.1) is 0 Å². The summed E-state index contributed by atoms with van der Waals surface area (Å²) in [6.45, 7) is 3.82. The fourth-order valence-electron chi connectivity index (χ4n) is 6.19. The molecule has 1 aliphatic carbocycles. The topological polar surface area (TPSA) is 125 Å². The maximum Gasteiger partial charge on any atom is 0.274 e. The summed E-state index contributed by atoms with van der Waals surface area (Å²) >= 11 is 0. The number of ketones is 1. The van der Waals surface area contributed by atoms with Gasteiger partial charge in [0.1, 0.15) is 17.2 Å². The molecule has 2 N–H and O–H groups in total. The lowest BCUT2D eigenvalue weighted by molar-refractivity contribution is -0.329. The van der Waals surface area contributed by atoms with Crippen LogP contribution in [-0.4, -0.2) is 80.1 Å². The number of aliphatic hydroxyl groups is 1. The Bertz CT molecular complexity index is 1280. The quantitative estimate of drug-likeness (QED) is 0.449. The van der Waals surface area contributed by atoms with Gasteiger partial charge in [-0.2, -0.15) is 0 Å². The van der Waals surface area contributed by atoms with Crippen molar-refractivity contribution in [2.24, 2.45) is 0 Å². The summed E-state index contributed by atoms with van der Waals surface area (Å²) in [6.07, 6.45) is -0.282. The standard InChI is InChI=1S/C26H30O10/c1-12-9-15-19(20(28)18-14(22(15)30-3)7-6-8-16(18)27)21(13(12)2)36-25(29)17-10-33-26(35-17,23(31-4)32-5)24(25)11-34-24/h9,17,23,28-29H,6-8,10-11H2,1-5H3/t17?,24-,25+,26?/m0/s1. The molecule has 10 heteroatoms. The van der Waals surface area contributed by atoms with Gasteiger partial charge in [-0.1, -0.05) is 0 Å². The molecule has 2 aromatic rings. The number of carbonyl (C=O) groups excluding carboxylic acids is 1. The third-order valence-electron chi connectivity index (χ3n) is 8.17. The molecule has 2 bridgehead atoms. The molecule has 10 nitrogen and oxygen atoms in total. The Kier molecular flexibility index (Phi) is 5.16. The smallest absolute Gasteiger partial charge is 0.274 e. The molecular weight excluding hydrogens is 472 g/mol. The number of fused-ring (bicyclic) bond motifs is 5. The molecule has 3 saturated heterocycles. The number of Topliss-reactive ketones (excluding diaryl/α,β-unsaturated/α-hetero) is 1. The molecule has 0 radical (unpaired) electrons. The highest BCUT2D eigenvalue weighted by molar-refractivity contribution is 6.11. The average molecular weight is 503 g/mol. The van der Waals surface area contributed by atoms with Crippen LogP contribution in [0.25, 0.3) is 10.8 Å². The summed E-state index contributed by atoms with van der Waals surface area (Å²) < 4.78 is 41.0. The van der Waals surface area contributed by atoms with E-state index in [2.05, 4.69) is 0 Å². The number of aromatic hydroxyl groups is 1. The summed E-state index contributed by atoms with van der Waals surface area (Å²) in [4.78, 5) is 12.9. The fraction of sp³-hybridized carbons (Fsp3) is 0.577. The van der Waals surface area contributed by atoms with Crippen molar-refractivity contribution < 1.29 is 48.2 Å². The van der Waals surface area contributed by atoms with Gasteiger partial charge < -0.3 is 43.4 Å². The Hall–Kier alpha value is -2.47. The van der Waals surface area contributed by atoms with Crippen LogP contribution in [0.4, 0.5) is 0 Å². The Morgan fingerprint density at radius 1 is 1.11 bits per heavy atom. The number of ether oxygens (including phenoxy) is 7. The van der Waals surface area contributed by atoms with Crippen LogP contribution in [0.15, 0.2) is 6.07 Å². The van der Waals surface area contributed by atoms with Crippen molar-refractivity contribution in [1.29, 1.82) is 0 Å². The molecular formula is C26H30O10. The number of methoxy groups -OCH3 is 3. The predicted molar refractivity (Wildman–Crippen MR) is 125 cm³/mol. The Balaban J connectivity index is 1.57. The highest BCUT2D eigenvalue weighted by Gasteiger charge is 2.89. The molecule has 4 atom stereocenters. The van der Waals surface area contributed by atoms with Crippen LogP contribution in [0, 0.1) is 13.8 Å². The summed E-state index contributed by atoms with van der Waals surface area (Å²) in [5.74, 6) is -3.13. The normalized spacial score (nSPS) is 32.5. The number of aryl methyl sites for hydroxylation is 1. The van der Waals surface area contributed by atoms with Crippen LogP contribution < -0.4 is 9.47 Å². The first-order chi connectivity index (χ1) is 17.2. The second-order valence-electron chi connectivity index (χ2n) is 9.88. The van der Waals surface area contributed by atoms with Crippen LogP contribution in [-0.2, 0) is 30.1 Å². The minimum atomic E-state index is -1.99. The van der Waals surface area contributed by atoms with Crippen molar-refractivity contribution in [3.8, 4) is 17.2 Å². The van der Waals surface area contributed by atoms with Crippen LogP contribution in [0.3, 0.4) is 0 Å². The van der Waals surface area contributed by atoms with Crippen LogP contribution in [0.1, 0.15) is 39.9 Å². The van der Waals surface area contributed by atoms with E-state index in [0.717, 1.165) is 5.56 Å². The van der Waals surface area contributed by atoms with Gasteiger partial charge in [0.2, 0.25) is 11.9 Å². The lowest BCUT2D eigenvalue weighted by Crippen LogP contribution is -2.67. The molecule has 2 unspecified atom stereocenters. The van der Waals surface area contributed by atoms with Gasteiger partial charge in [0.05, 0.1) is 31.3 Å². The van der Waals surface area contributed by atoms with Crippen molar-refractivity contribution in [2.75, 3.05) is 34.5 Å². The monoisotopic (exact) mass is 502 g/mol. The Morgan fingerprint density at radius 3 is 2.47 bits per heavy atom. The van der Waals surface area contributed by atoms with Gasteiger partial charge >= 0.3 is 0 Å². The van der Waals surface area contributed by atoms with Crippen molar-refractivity contribution in [3.05, 3.63) is 28.3 Å². The lowest BCUT2D eigenvalue weighted by atomic mass is 9.84. The van der Waals surface area contributed by atoms with Crippen LogP contribution >= 0.6 is 0 Å². The third-order valence-corrected chi connectivity index (χ3v) is 8.17. The largest absolute Gasteiger partial charge is 0.506 e. The van der Waals surface area contributed by atoms with Crippen LogP contribution in [0.5, 0.6) is 17.2 Å². The van der Waals surface area contributed by atoms with Crippen molar-refractivity contribution >= 4 is 16.6 Å². The van der Waals surface area contributed by atoms with E-state index < -0.39 is 29.6 Å². The van der Waals surface area contributed by atoms with Crippen LogP contribution in [0.2, 0.25) is 0 Å². The molecule has 3 aliphatic heterocycles. The lowest BCUT2D eigenvalue weighted by Gasteiger charge is -2.41. The van der Waals surface area contributed by atoms with E-state index in [4.69, 9.17) is 33.2 Å². The summed E-state index contributed by atoms with van der Waals surface area (Å²) in [6, 6.07) is 1.90. The molecule has 0 amide bonds. The maximum atomic E-state index is 12.9. The van der Waals surface area contributed by atoms with E-state index in [0.29, 0.717) is 46.9 Å². The number of phenolic OH excluding ortho intramolecular Hbond substituents is 1. The zero-order chi connectivity index (χ0) is 25.6. The second-order valence-corrected chi connectivity index (χ2v) is 9.88. The molecule has 194 valence electrons. The zero-order valence-electron chi connectivity index (χ0n) is 20.9. The molecule has 36 heavy (non-hydrogen) atoms. The van der Waals surface area contributed by atoms with Crippen molar-refractivity contribution in [1.82, 2.24) is 0 Å². The molecule has 1 spiro atoms. The first-order valence-electron chi connectivity index (χ1n) is 12.0. The van der Waals surface area contributed by atoms with Gasteiger partial charge in [0, 0.05) is 31.6 Å². The van der Waals surface area contributed by atoms with Gasteiger partial charge in [-0.25, -0.2) is 0 Å². The number of carbonyl (C=O) groups is 1. The number of rotatable bonds is 6. The minimum Gasteiger partial charge on any atom is -0.506 e. The third kappa shape index (κ3) is 2.69. The highest BCUT2D eigenvalue weighted by atomic mass is 16.9. The molecule has 2 aromatic carbocycles. The second kappa shape index (κ2) is 7.77. The molecule has 3 heterocycles. The number of benzene rings is 2. The Labute approximate surface area is 207 Å². The predicted octanol–water partition coefficient (Wildman–Crippen LogP) is 2.27.